The average molecular weight is 324 g/mol. The zero-order chi connectivity index (χ0) is 16.8. The fraction of sp³-hybridized carbons (Fsp3) is 0.833. The normalized spacial score (nSPS) is 14.0. The molecule has 0 radical (unpaired) electrons. The highest BCUT2D eigenvalue weighted by Gasteiger charge is 2.28. The number of hydrogen-bond donors (Lipinski definition) is 3. The standard InChI is InChI=1S/C12H24N2O6S/c1-8(2)7-13-21(18,19)14-9(11(16)17)6-10(15)20-12(3,4)5/h8-9,13-14H,6-7H2,1-5H3,(H,16,17)/t9-/m0/s1. The summed E-state index contributed by atoms with van der Waals surface area (Å²) < 4.78 is 32.5. The quantitative estimate of drug-likeness (QED) is 0.550. The summed E-state index contributed by atoms with van der Waals surface area (Å²) in [5, 5.41) is 9.00. The van der Waals surface area contributed by atoms with Gasteiger partial charge in [0.2, 0.25) is 0 Å². The first-order valence-corrected chi connectivity index (χ1v) is 8.02. The highest BCUT2D eigenvalue weighted by molar-refractivity contribution is 7.87. The maximum Gasteiger partial charge on any atom is 0.322 e. The van der Waals surface area contributed by atoms with Crippen molar-refractivity contribution in [3.63, 3.8) is 0 Å². The SMILES string of the molecule is CC(C)CNS(=O)(=O)N[C@@H](CC(=O)OC(C)(C)C)C(=O)O. The summed E-state index contributed by atoms with van der Waals surface area (Å²) >= 11 is 0. The molecule has 124 valence electrons. The van der Waals surface area contributed by atoms with Crippen molar-refractivity contribution in [3.05, 3.63) is 0 Å². The van der Waals surface area contributed by atoms with Gasteiger partial charge in [0.15, 0.2) is 0 Å². The molecule has 0 fully saturated rings. The molecule has 0 rings (SSSR count). The largest absolute Gasteiger partial charge is 0.480 e. The van der Waals surface area contributed by atoms with Crippen molar-refractivity contribution in [2.75, 3.05) is 6.54 Å². The third-order valence-electron chi connectivity index (χ3n) is 2.07. The number of hydrogen-bond acceptors (Lipinski definition) is 5. The lowest BCUT2D eigenvalue weighted by molar-refractivity contribution is -0.158. The average Bonchev–Trinajstić information content (AvgIpc) is 2.22. The summed E-state index contributed by atoms with van der Waals surface area (Å²) in [5.74, 6) is -2.17. The van der Waals surface area contributed by atoms with Crippen LogP contribution in [0.4, 0.5) is 0 Å². The maximum atomic E-state index is 11.7. The zero-order valence-electron chi connectivity index (χ0n) is 13.0. The van der Waals surface area contributed by atoms with Crippen molar-refractivity contribution in [1.82, 2.24) is 9.44 Å². The van der Waals surface area contributed by atoms with Gasteiger partial charge in [-0.05, 0) is 26.7 Å². The Balaban J connectivity index is 4.71. The van der Waals surface area contributed by atoms with Crippen LogP contribution >= 0.6 is 0 Å². The number of nitrogens with one attached hydrogen (secondary N) is 2. The van der Waals surface area contributed by atoms with Gasteiger partial charge in [-0.25, -0.2) is 4.72 Å². The van der Waals surface area contributed by atoms with Crippen LogP contribution in [0.1, 0.15) is 41.0 Å². The lowest BCUT2D eigenvalue weighted by Gasteiger charge is -2.21. The van der Waals surface area contributed by atoms with E-state index in [0.29, 0.717) is 0 Å². The third-order valence-corrected chi connectivity index (χ3v) is 3.21. The smallest absolute Gasteiger partial charge is 0.322 e. The minimum absolute atomic E-state index is 0.0655. The zero-order valence-corrected chi connectivity index (χ0v) is 13.8. The molecule has 3 N–H and O–H groups in total. The Morgan fingerprint density at radius 3 is 2.14 bits per heavy atom. The van der Waals surface area contributed by atoms with E-state index in [0.717, 1.165) is 0 Å². The molecule has 0 heterocycles. The summed E-state index contributed by atoms with van der Waals surface area (Å²) in [4.78, 5) is 22.6. The molecule has 0 bridgehead atoms. The number of carboxylic acids is 1. The van der Waals surface area contributed by atoms with E-state index in [1.807, 2.05) is 4.72 Å². The molecule has 0 spiro atoms. The summed E-state index contributed by atoms with van der Waals surface area (Å²) in [6.07, 6.45) is -0.588. The number of carbonyl (C=O) groups is 2. The Morgan fingerprint density at radius 2 is 1.76 bits per heavy atom. The topological polar surface area (TPSA) is 122 Å². The van der Waals surface area contributed by atoms with Crippen molar-refractivity contribution < 1.29 is 27.9 Å². The number of carbonyl (C=O) groups excluding carboxylic acids is 1. The van der Waals surface area contributed by atoms with Gasteiger partial charge in [0.1, 0.15) is 11.6 Å². The molecule has 1 atom stereocenters. The van der Waals surface area contributed by atoms with Crippen LogP contribution in [0, 0.1) is 5.92 Å². The molecule has 0 aliphatic carbocycles. The van der Waals surface area contributed by atoms with Crippen molar-refractivity contribution in [3.8, 4) is 0 Å². The van der Waals surface area contributed by atoms with Crippen molar-refractivity contribution in [1.29, 1.82) is 0 Å². The van der Waals surface area contributed by atoms with E-state index in [1.54, 1.807) is 34.6 Å². The maximum absolute atomic E-state index is 11.7. The first-order chi connectivity index (χ1) is 9.32. The van der Waals surface area contributed by atoms with Gasteiger partial charge in [-0.1, -0.05) is 13.8 Å². The number of aliphatic carboxylic acids is 1. The predicted octanol–water partition coefficient (Wildman–Crippen LogP) is 0.251. The van der Waals surface area contributed by atoms with Crippen LogP contribution in [0.2, 0.25) is 0 Å². The number of rotatable bonds is 8. The Hall–Kier alpha value is -1.19. The molecule has 0 unspecified atom stereocenters. The Labute approximate surface area is 125 Å². The molecule has 0 saturated carbocycles. The number of ether oxygens (including phenoxy) is 1. The van der Waals surface area contributed by atoms with Crippen LogP contribution in [0.25, 0.3) is 0 Å². The van der Waals surface area contributed by atoms with Crippen LogP contribution in [0.15, 0.2) is 0 Å². The van der Waals surface area contributed by atoms with Crippen LogP contribution in [-0.4, -0.2) is 43.7 Å². The molecule has 0 saturated heterocycles. The molecule has 0 aliphatic heterocycles. The molecule has 0 aromatic rings. The van der Waals surface area contributed by atoms with Gasteiger partial charge in [-0.3, -0.25) is 9.59 Å². The first-order valence-electron chi connectivity index (χ1n) is 6.54. The summed E-state index contributed by atoms with van der Waals surface area (Å²) in [5.41, 5.74) is -0.769. The van der Waals surface area contributed by atoms with Gasteiger partial charge in [0.25, 0.3) is 10.2 Å². The molecule has 0 amide bonds. The molecular weight excluding hydrogens is 300 g/mol. The molecule has 8 nitrogen and oxygen atoms in total. The van der Waals surface area contributed by atoms with E-state index >= 15 is 0 Å². The van der Waals surface area contributed by atoms with Gasteiger partial charge >= 0.3 is 11.9 Å². The molecule has 0 aromatic carbocycles. The third kappa shape index (κ3) is 10.2. The monoisotopic (exact) mass is 324 g/mol. The van der Waals surface area contributed by atoms with Gasteiger partial charge in [0, 0.05) is 6.54 Å². The van der Waals surface area contributed by atoms with Gasteiger partial charge in [-0.2, -0.15) is 13.1 Å². The molecule has 0 aliphatic rings. The van der Waals surface area contributed by atoms with E-state index in [-0.39, 0.29) is 12.5 Å². The highest BCUT2D eigenvalue weighted by atomic mass is 32.2. The Kier molecular flexibility index (Phi) is 7.28. The Morgan fingerprint density at radius 1 is 1.24 bits per heavy atom. The van der Waals surface area contributed by atoms with Gasteiger partial charge < -0.3 is 9.84 Å². The Bertz CT molecular complexity index is 467. The lowest BCUT2D eigenvalue weighted by atomic mass is 10.2. The van der Waals surface area contributed by atoms with E-state index in [9.17, 15) is 18.0 Å². The number of esters is 1. The molecule has 9 heteroatoms. The van der Waals surface area contributed by atoms with E-state index in [2.05, 4.69) is 4.72 Å². The summed E-state index contributed by atoms with van der Waals surface area (Å²) in [6.45, 7) is 8.67. The minimum Gasteiger partial charge on any atom is -0.480 e. The molecule has 0 aromatic heterocycles. The fourth-order valence-electron chi connectivity index (χ4n) is 1.23. The summed E-state index contributed by atoms with van der Waals surface area (Å²) in [7, 11) is -4.00. The van der Waals surface area contributed by atoms with E-state index in [4.69, 9.17) is 9.84 Å². The second-order valence-electron chi connectivity index (χ2n) is 6.04. The van der Waals surface area contributed by atoms with Crippen molar-refractivity contribution >= 4 is 22.1 Å². The van der Waals surface area contributed by atoms with Crippen LogP contribution in [0.5, 0.6) is 0 Å². The van der Waals surface area contributed by atoms with E-state index in [1.165, 1.54) is 0 Å². The minimum atomic E-state index is -4.00. The van der Waals surface area contributed by atoms with Crippen LogP contribution in [-0.2, 0) is 24.5 Å². The van der Waals surface area contributed by atoms with Gasteiger partial charge in [-0.15, -0.1) is 0 Å². The molecule has 21 heavy (non-hydrogen) atoms. The molecular formula is C12H24N2O6S. The second-order valence-corrected chi connectivity index (χ2v) is 7.58. The lowest BCUT2D eigenvalue weighted by Crippen LogP contribution is -2.48. The van der Waals surface area contributed by atoms with Gasteiger partial charge in [0.05, 0.1) is 6.42 Å². The fourth-order valence-corrected chi connectivity index (χ4v) is 2.43. The number of carboxylic acid groups (broad SMARTS) is 1. The van der Waals surface area contributed by atoms with E-state index < -0.39 is 40.2 Å². The highest BCUT2D eigenvalue weighted by Crippen LogP contribution is 2.09. The van der Waals surface area contributed by atoms with Crippen LogP contribution < -0.4 is 9.44 Å². The predicted molar refractivity (Wildman–Crippen MR) is 76.8 cm³/mol. The summed E-state index contributed by atoms with van der Waals surface area (Å²) in [6, 6.07) is -1.58. The van der Waals surface area contributed by atoms with Crippen molar-refractivity contribution in [2.45, 2.75) is 52.7 Å². The van der Waals surface area contributed by atoms with Crippen LogP contribution in [0.3, 0.4) is 0 Å². The van der Waals surface area contributed by atoms with Crippen molar-refractivity contribution in [2.24, 2.45) is 5.92 Å². The second kappa shape index (κ2) is 7.71. The first kappa shape index (κ1) is 19.8.